The van der Waals surface area contributed by atoms with Crippen LogP contribution < -0.4 is 0 Å². The maximum absolute atomic E-state index is 6.01. The number of nitrogens with zero attached hydrogens (tertiary/aromatic N) is 3. The first kappa shape index (κ1) is 15.4. The number of hydrogen-bond donors (Lipinski definition) is 0. The van der Waals surface area contributed by atoms with E-state index in [0.29, 0.717) is 5.92 Å². The molecule has 5 heteroatoms. The van der Waals surface area contributed by atoms with Gasteiger partial charge in [-0.15, -0.1) is 11.3 Å². The molecule has 0 bridgehead atoms. The average molecular weight is 331 g/mol. The number of hydrogen-bond acceptors (Lipinski definition) is 4. The number of rotatable bonds is 7. The number of fused-ring (bicyclic) bond motifs is 1. The molecular weight excluding hydrogens is 306 g/mol. The van der Waals surface area contributed by atoms with Gasteiger partial charge in [-0.3, -0.25) is 9.58 Å². The van der Waals surface area contributed by atoms with Crippen molar-refractivity contribution in [2.45, 2.75) is 45.3 Å². The Labute approximate surface area is 142 Å². The molecule has 4 nitrogen and oxygen atoms in total. The predicted octanol–water partition coefficient (Wildman–Crippen LogP) is 3.49. The van der Waals surface area contributed by atoms with Gasteiger partial charge in [-0.2, -0.15) is 5.10 Å². The molecule has 3 heterocycles. The maximum Gasteiger partial charge on any atom is 0.0736 e. The van der Waals surface area contributed by atoms with Crippen molar-refractivity contribution in [3.05, 3.63) is 39.8 Å². The van der Waals surface area contributed by atoms with Crippen LogP contribution in [-0.4, -0.2) is 34.4 Å². The molecule has 1 atom stereocenters. The molecule has 0 amide bonds. The first-order valence-corrected chi connectivity index (χ1v) is 9.58. The monoisotopic (exact) mass is 331 g/mol. The minimum absolute atomic E-state index is 0.408. The second-order valence-electron chi connectivity index (χ2n) is 6.82. The SMILES string of the molecule is CCn1cc2c(n1)C(COCC1CC1)CN(Cc1cccs1)C2. The molecule has 1 fully saturated rings. The lowest BCUT2D eigenvalue weighted by Crippen LogP contribution is -2.34. The number of aromatic nitrogens is 2. The van der Waals surface area contributed by atoms with Crippen molar-refractivity contribution in [3.8, 4) is 0 Å². The zero-order valence-electron chi connectivity index (χ0n) is 13.8. The van der Waals surface area contributed by atoms with E-state index in [0.717, 1.165) is 45.3 Å². The van der Waals surface area contributed by atoms with Crippen LogP contribution in [0.4, 0.5) is 0 Å². The van der Waals surface area contributed by atoms with E-state index in [4.69, 9.17) is 9.84 Å². The van der Waals surface area contributed by atoms with Gasteiger partial charge in [-0.25, -0.2) is 0 Å². The van der Waals surface area contributed by atoms with Crippen molar-refractivity contribution in [3.63, 3.8) is 0 Å². The standard InChI is InChI=1S/C18H25N3OS/c1-2-21-10-15-8-20(11-17-4-3-7-23-17)9-16(18(15)19-21)13-22-12-14-5-6-14/h3-4,7,10,14,16H,2,5-6,8-9,11-13H2,1H3. The molecule has 0 N–H and O–H groups in total. The zero-order valence-corrected chi connectivity index (χ0v) is 14.6. The largest absolute Gasteiger partial charge is 0.380 e. The van der Waals surface area contributed by atoms with E-state index in [1.54, 1.807) is 0 Å². The van der Waals surface area contributed by atoms with E-state index >= 15 is 0 Å². The highest BCUT2D eigenvalue weighted by Crippen LogP contribution is 2.32. The van der Waals surface area contributed by atoms with Crippen molar-refractivity contribution in [2.24, 2.45) is 5.92 Å². The van der Waals surface area contributed by atoms with Crippen LogP contribution in [0.1, 0.15) is 41.8 Å². The lowest BCUT2D eigenvalue weighted by molar-refractivity contribution is 0.0883. The molecule has 1 unspecified atom stereocenters. The van der Waals surface area contributed by atoms with E-state index in [1.807, 2.05) is 11.3 Å². The smallest absolute Gasteiger partial charge is 0.0736 e. The van der Waals surface area contributed by atoms with Crippen LogP contribution >= 0.6 is 11.3 Å². The lowest BCUT2D eigenvalue weighted by atomic mass is 9.97. The molecule has 1 aliphatic carbocycles. The molecule has 2 aliphatic rings. The third-order valence-electron chi connectivity index (χ3n) is 4.78. The molecule has 4 rings (SSSR count). The highest BCUT2D eigenvalue weighted by atomic mass is 32.1. The highest BCUT2D eigenvalue weighted by Gasteiger charge is 2.29. The molecule has 0 spiro atoms. The Balaban J connectivity index is 1.46. The summed E-state index contributed by atoms with van der Waals surface area (Å²) in [6.07, 6.45) is 4.93. The molecule has 1 saturated carbocycles. The van der Waals surface area contributed by atoms with Gasteiger partial charge in [-0.05, 0) is 37.1 Å². The summed E-state index contributed by atoms with van der Waals surface area (Å²) in [4.78, 5) is 3.98. The third-order valence-corrected chi connectivity index (χ3v) is 5.64. The topological polar surface area (TPSA) is 30.3 Å². The molecule has 2 aromatic rings. The van der Waals surface area contributed by atoms with Crippen LogP contribution in [0.3, 0.4) is 0 Å². The van der Waals surface area contributed by atoms with E-state index in [9.17, 15) is 0 Å². The molecule has 124 valence electrons. The quantitative estimate of drug-likeness (QED) is 0.778. The normalized spacial score (nSPS) is 21.5. The minimum atomic E-state index is 0.408. The first-order valence-electron chi connectivity index (χ1n) is 8.70. The van der Waals surface area contributed by atoms with E-state index in [2.05, 4.69) is 40.2 Å². The summed E-state index contributed by atoms with van der Waals surface area (Å²) in [5.74, 6) is 1.23. The Hall–Kier alpha value is -1.17. The van der Waals surface area contributed by atoms with Gasteiger partial charge >= 0.3 is 0 Å². The van der Waals surface area contributed by atoms with Gasteiger partial charge in [0, 0.05) is 55.3 Å². The Bertz CT molecular complexity index is 633. The van der Waals surface area contributed by atoms with Gasteiger partial charge < -0.3 is 4.74 Å². The fourth-order valence-electron chi connectivity index (χ4n) is 3.35. The summed E-state index contributed by atoms with van der Waals surface area (Å²) < 4.78 is 8.08. The number of ether oxygens (including phenoxy) is 1. The van der Waals surface area contributed by atoms with Crippen LogP contribution in [0, 0.1) is 5.92 Å². The van der Waals surface area contributed by atoms with Crippen LogP contribution in [0.5, 0.6) is 0 Å². The van der Waals surface area contributed by atoms with Gasteiger partial charge in [0.15, 0.2) is 0 Å². The summed E-state index contributed by atoms with van der Waals surface area (Å²) in [6, 6.07) is 4.37. The third kappa shape index (κ3) is 3.67. The fraction of sp³-hybridized carbons (Fsp3) is 0.611. The van der Waals surface area contributed by atoms with E-state index < -0.39 is 0 Å². The fourth-order valence-corrected chi connectivity index (χ4v) is 4.09. The van der Waals surface area contributed by atoms with E-state index in [-0.39, 0.29) is 0 Å². The van der Waals surface area contributed by atoms with Crippen molar-refractivity contribution >= 4 is 11.3 Å². The molecule has 1 aliphatic heterocycles. The molecule has 0 radical (unpaired) electrons. The number of thiophene rings is 1. The predicted molar refractivity (Wildman–Crippen MR) is 92.6 cm³/mol. The highest BCUT2D eigenvalue weighted by molar-refractivity contribution is 7.09. The van der Waals surface area contributed by atoms with Crippen LogP contribution in [0.2, 0.25) is 0 Å². The molecule has 0 aromatic carbocycles. The Morgan fingerprint density at radius 2 is 2.26 bits per heavy atom. The Morgan fingerprint density at radius 3 is 3.00 bits per heavy atom. The van der Waals surface area contributed by atoms with Crippen molar-refractivity contribution < 1.29 is 4.74 Å². The van der Waals surface area contributed by atoms with Gasteiger partial charge in [-0.1, -0.05) is 6.07 Å². The summed E-state index contributed by atoms with van der Waals surface area (Å²) >= 11 is 1.85. The van der Waals surface area contributed by atoms with Gasteiger partial charge in [0.05, 0.1) is 12.3 Å². The molecule has 0 saturated heterocycles. The lowest BCUT2D eigenvalue weighted by Gasteiger charge is -2.31. The zero-order chi connectivity index (χ0) is 15.6. The average Bonchev–Trinajstić information content (AvgIpc) is 3.06. The van der Waals surface area contributed by atoms with Crippen molar-refractivity contribution in [1.82, 2.24) is 14.7 Å². The van der Waals surface area contributed by atoms with Crippen LogP contribution in [0.25, 0.3) is 0 Å². The summed E-state index contributed by atoms with van der Waals surface area (Å²) in [5.41, 5.74) is 2.65. The van der Waals surface area contributed by atoms with Crippen LogP contribution in [-0.2, 0) is 24.4 Å². The Morgan fingerprint density at radius 1 is 1.35 bits per heavy atom. The van der Waals surface area contributed by atoms with Gasteiger partial charge in [0.25, 0.3) is 0 Å². The van der Waals surface area contributed by atoms with Crippen molar-refractivity contribution in [2.75, 3.05) is 19.8 Å². The second kappa shape index (κ2) is 6.75. The Kier molecular flexibility index (Phi) is 4.51. The first-order chi connectivity index (χ1) is 11.3. The summed E-state index contributed by atoms with van der Waals surface area (Å²) in [6.45, 7) is 7.93. The van der Waals surface area contributed by atoms with Gasteiger partial charge in [0.1, 0.15) is 0 Å². The maximum atomic E-state index is 6.01. The summed E-state index contributed by atoms with van der Waals surface area (Å²) in [7, 11) is 0. The van der Waals surface area contributed by atoms with E-state index in [1.165, 1.54) is 29.0 Å². The second-order valence-corrected chi connectivity index (χ2v) is 7.85. The van der Waals surface area contributed by atoms with Gasteiger partial charge in [0.2, 0.25) is 0 Å². The molecule has 2 aromatic heterocycles. The number of aryl methyl sites for hydroxylation is 1. The molecular formula is C18H25N3OS. The van der Waals surface area contributed by atoms with Crippen LogP contribution in [0.15, 0.2) is 23.7 Å². The van der Waals surface area contributed by atoms with Crippen molar-refractivity contribution in [1.29, 1.82) is 0 Å². The summed E-state index contributed by atoms with van der Waals surface area (Å²) in [5, 5.41) is 6.97. The molecule has 23 heavy (non-hydrogen) atoms. The minimum Gasteiger partial charge on any atom is -0.380 e.